The van der Waals surface area contributed by atoms with Gasteiger partial charge in [0.1, 0.15) is 11.6 Å². The van der Waals surface area contributed by atoms with Crippen molar-refractivity contribution in [2.75, 3.05) is 6.61 Å². The van der Waals surface area contributed by atoms with Gasteiger partial charge in [-0.3, -0.25) is 10.1 Å². The van der Waals surface area contributed by atoms with E-state index in [1.165, 1.54) is 12.1 Å². The quantitative estimate of drug-likeness (QED) is 0.618. The van der Waals surface area contributed by atoms with Crippen LogP contribution in [0.25, 0.3) is 0 Å². The van der Waals surface area contributed by atoms with Gasteiger partial charge in [-0.15, -0.1) is 0 Å². The molecule has 0 aromatic heterocycles. The minimum atomic E-state index is -0.416. The molecule has 0 saturated heterocycles. The fourth-order valence-corrected chi connectivity index (χ4v) is 1.84. The molecule has 0 aliphatic carbocycles. The van der Waals surface area contributed by atoms with Crippen molar-refractivity contribution in [1.82, 2.24) is 0 Å². The van der Waals surface area contributed by atoms with Gasteiger partial charge in [0.05, 0.1) is 11.5 Å². The van der Waals surface area contributed by atoms with E-state index >= 15 is 0 Å². The smallest absolute Gasteiger partial charge is 0.272 e. The Morgan fingerprint density at radius 3 is 2.70 bits per heavy atom. The largest absolute Gasteiger partial charge is 0.493 e. The summed E-state index contributed by atoms with van der Waals surface area (Å²) in [5.41, 5.74) is 1.23. The fraction of sp³-hybridized carbons (Fsp3) is 0.200. The maximum Gasteiger partial charge on any atom is 0.272 e. The third-order valence-corrected chi connectivity index (χ3v) is 2.97. The highest BCUT2D eigenvalue weighted by atomic mass is 19.1. The van der Waals surface area contributed by atoms with Gasteiger partial charge in [0.15, 0.2) is 0 Å². The van der Waals surface area contributed by atoms with E-state index in [1.807, 2.05) is 0 Å². The van der Waals surface area contributed by atoms with Crippen molar-refractivity contribution in [1.29, 1.82) is 0 Å². The van der Waals surface area contributed by atoms with Crippen LogP contribution in [-0.4, -0.2) is 11.5 Å². The average Bonchev–Trinajstić information content (AvgIpc) is 2.43. The molecule has 0 amide bonds. The second-order valence-electron chi connectivity index (χ2n) is 4.40. The highest BCUT2D eigenvalue weighted by Crippen LogP contribution is 2.19. The van der Waals surface area contributed by atoms with Crippen molar-refractivity contribution >= 4 is 5.69 Å². The summed E-state index contributed by atoms with van der Waals surface area (Å²) in [5, 5.41) is 10.9. The topological polar surface area (TPSA) is 52.4 Å². The monoisotopic (exact) mass is 275 g/mol. The molecular weight excluding hydrogens is 261 g/mol. The summed E-state index contributed by atoms with van der Waals surface area (Å²) < 4.78 is 18.7. The van der Waals surface area contributed by atoms with Crippen LogP contribution in [0.4, 0.5) is 10.1 Å². The second kappa shape index (κ2) is 6.14. The molecular formula is C15H14FNO3. The molecule has 0 bridgehead atoms. The molecule has 0 N–H and O–H groups in total. The van der Waals surface area contributed by atoms with Crippen LogP contribution < -0.4 is 4.74 Å². The number of ether oxygens (including phenoxy) is 1. The number of nitrogens with zero attached hydrogens (tertiary/aromatic N) is 1. The Morgan fingerprint density at radius 1 is 1.25 bits per heavy atom. The van der Waals surface area contributed by atoms with Crippen LogP contribution in [0.5, 0.6) is 5.75 Å². The van der Waals surface area contributed by atoms with Gasteiger partial charge >= 0.3 is 0 Å². The SMILES string of the molecule is Cc1ccc(OCCc2ccccc2[N+](=O)[O-])cc1F. The van der Waals surface area contributed by atoms with E-state index in [4.69, 9.17) is 4.74 Å². The first-order chi connectivity index (χ1) is 9.58. The fourth-order valence-electron chi connectivity index (χ4n) is 1.84. The van der Waals surface area contributed by atoms with Crippen LogP contribution in [0, 0.1) is 22.9 Å². The van der Waals surface area contributed by atoms with Gasteiger partial charge in [0.25, 0.3) is 5.69 Å². The first-order valence-electron chi connectivity index (χ1n) is 6.19. The van der Waals surface area contributed by atoms with E-state index in [0.29, 0.717) is 23.3 Å². The third-order valence-electron chi connectivity index (χ3n) is 2.97. The summed E-state index contributed by atoms with van der Waals surface area (Å²) in [7, 11) is 0. The van der Waals surface area contributed by atoms with Gasteiger partial charge in [0.2, 0.25) is 0 Å². The molecule has 2 aromatic carbocycles. The Kier molecular flexibility index (Phi) is 4.30. The lowest BCUT2D eigenvalue weighted by Gasteiger charge is -2.07. The standard InChI is InChI=1S/C15H14FNO3/c1-11-6-7-13(10-14(11)16)20-9-8-12-4-2-3-5-15(12)17(18)19/h2-7,10H,8-9H2,1H3. The van der Waals surface area contributed by atoms with Gasteiger partial charge in [-0.25, -0.2) is 4.39 Å². The van der Waals surface area contributed by atoms with E-state index in [9.17, 15) is 14.5 Å². The Morgan fingerprint density at radius 2 is 2.00 bits per heavy atom. The van der Waals surface area contributed by atoms with Crippen LogP contribution >= 0.6 is 0 Å². The summed E-state index contributed by atoms with van der Waals surface area (Å²) in [5.74, 6) is 0.0971. The van der Waals surface area contributed by atoms with Crippen molar-refractivity contribution in [3.8, 4) is 5.75 Å². The summed E-state index contributed by atoms with van der Waals surface area (Å²) in [4.78, 5) is 10.4. The Balaban J connectivity index is 1.99. The molecule has 0 atom stereocenters. The summed E-state index contributed by atoms with van der Waals surface area (Å²) in [6, 6.07) is 11.1. The predicted octanol–water partition coefficient (Wildman–Crippen LogP) is 3.66. The number of nitro benzene ring substituents is 1. The highest BCUT2D eigenvalue weighted by molar-refractivity contribution is 5.40. The summed E-state index contributed by atoms with van der Waals surface area (Å²) in [6.07, 6.45) is 0.395. The molecule has 0 saturated carbocycles. The van der Waals surface area contributed by atoms with Gasteiger partial charge in [0, 0.05) is 24.1 Å². The molecule has 4 nitrogen and oxygen atoms in total. The second-order valence-corrected chi connectivity index (χ2v) is 4.40. The zero-order valence-electron chi connectivity index (χ0n) is 11.0. The highest BCUT2D eigenvalue weighted by Gasteiger charge is 2.11. The third kappa shape index (κ3) is 3.32. The van der Waals surface area contributed by atoms with Gasteiger partial charge in [-0.2, -0.15) is 0 Å². The molecule has 0 aliphatic heterocycles. The lowest BCUT2D eigenvalue weighted by atomic mass is 10.1. The molecule has 5 heteroatoms. The molecule has 0 aliphatic rings. The summed E-state index contributed by atoms with van der Waals surface area (Å²) in [6.45, 7) is 1.93. The predicted molar refractivity (Wildman–Crippen MR) is 73.4 cm³/mol. The Bertz CT molecular complexity index is 628. The van der Waals surface area contributed by atoms with Crippen molar-refractivity contribution in [2.24, 2.45) is 0 Å². The normalized spacial score (nSPS) is 10.3. The number of halogens is 1. The van der Waals surface area contributed by atoms with Crippen molar-refractivity contribution < 1.29 is 14.1 Å². The molecule has 2 rings (SSSR count). The van der Waals surface area contributed by atoms with Crippen molar-refractivity contribution in [3.63, 3.8) is 0 Å². The zero-order chi connectivity index (χ0) is 14.5. The molecule has 104 valence electrons. The van der Waals surface area contributed by atoms with Gasteiger partial charge in [-0.05, 0) is 18.6 Å². The molecule has 2 aromatic rings. The number of aryl methyl sites for hydroxylation is 1. The molecule has 0 unspecified atom stereocenters. The molecule has 0 fully saturated rings. The summed E-state index contributed by atoms with van der Waals surface area (Å²) >= 11 is 0. The zero-order valence-corrected chi connectivity index (χ0v) is 11.0. The number of hydrogen-bond acceptors (Lipinski definition) is 3. The first kappa shape index (κ1) is 14.0. The number of nitro groups is 1. The first-order valence-corrected chi connectivity index (χ1v) is 6.19. The maximum atomic E-state index is 13.3. The van der Waals surface area contributed by atoms with Crippen LogP contribution in [-0.2, 0) is 6.42 Å². The van der Waals surface area contributed by atoms with Crippen molar-refractivity contribution in [2.45, 2.75) is 13.3 Å². The van der Waals surface area contributed by atoms with E-state index in [0.717, 1.165) is 0 Å². The number of hydrogen-bond donors (Lipinski definition) is 0. The minimum absolute atomic E-state index is 0.0752. The van der Waals surface area contributed by atoms with Crippen LogP contribution in [0.15, 0.2) is 42.5 Å². The number of benzene rings is 2. The Labute approximate surface area is 116 Å². The van der Waals surface area contributed by atoms with E-state index in [1.54, 1.807) is 37.3 Å². The maximum absolute atomic E-state index is 13.3. The lowest BCUT2D eigenvalue weighted by molar-refractivity contribution is -0.385. The van der Waals surface area contributed by atoms with Crippen molar-refractivity contribution in [3.05, 3.63) is 69.5 Å². The number of para-hydroxylation sites is 1. The van der Waals surface area contributed by atoms with Crippen LogP contribution in [0.1, 0.15) is 11.1 Å². The average molecular weight is 275 g/mol. The van der Waals surface area contributed by atoms with Crippen LogP contribution in [0.2, 0.25) is 0 Å². The van der Waals surface area contributed by atoms with Gasteiger partial charge in [-0.1, -0.05) is 24.3 Å². The molecule has 0 heterocycles. The lowest BCUT2D eigenvalue weighted by Crippen LogP contribution is -2.04. The number of rotatable bonds is 5. The Hall–Kier alpha value is -2.43. The van der Waals surface area contributed by atoms with E-state index in [2.05, 4.69) is 0 Å². The molecule has 0 radical (unpaired) electrons. The van der Waals surface area contributed by atoms with Gasteiger partial charge < -0.3 is 4.74 Å². The van der Waals surface area contributed by atoms with E-state index < -0.39 is 4.92 Å². The van der Waals surface area contributed by atoms with E-state index in [-0.39, 0.29) is 18.1 Å². The van der Waals surface area contributed by atoms with Crippen LogP contribution in [0.3, 0.4) is 0 Å². The minimum Gasteiger partial charge on any atom is -0.493 e. The molecule has 20 heavy (non-hydrogen) atoms. The molecule has 0 spiro atoms.